The topological polar surface area (TPSA) is 208 Å². The number of amides is 6. The molecule has 3 rings (SSSR count). The van der Waals surface area contributed by atoms with E-state index in [1.165, 1.54) is 23.8 Å². The number of nitrogens with one attached hydrogen (secondary N) is 3. The van der Waals surface area contributed by atoms with E-state index in [1.807, 2.05) is 19.9 Å². The normalized spacial score (nSPS) is 16.4. The second kappa shape index (κ2) is 18.5. The minimum atomic E-state index is -1.52. The highest BCUT2D eigenvalue weighted by Crippen LogP contribution is 2.21. The summed E-state index contributed by atoms with van der Waals surface area (Å²) in [7, 11) is 1.39. The number of aliphatic carboxylic acids is 1. The molecule has 0 saturated carbocycles. The van der Waals surface area contributed by atoms with Crippen LogP contribution in [0.15, 0.2) is 60.7 Å². The number of hydrogen-bond donors (Lipinski definition) is 5. The number of rotatable bonds is 17. The molecule has 270 valence electrons. The van der Waals surface area contributed by atoms with Gasteiger partial charge in [0.1, 0.15) is 30.2 Å². The summed E-state index contributed by atoms with van der Waals surface area (Å²) in [6, 6.07) is 12.1. The van der Waals surface area contributed by atoms with Crippen LogP contribution in [0.1, 0.15) is 57.6 Å². The van der Waals surface area contributed by atoms with Crippen molar-refractivity contribution in [3.8, 4) is 0 Å². The van der Waals surface area contributed by atoms with E-state index in [0.717, 1.165) is 5.56 Å². The molecule has 1 saturated heterocycles. The molecular weight excluding hydrogens is 644 g/mol. The molecule has 1 aliphatic heterocycles. The van der Waals surface area contributed by atoms with Gasteiger partial charge in [-0.2, -0.15) is 0 Å². The van der Waals surface area contributed by atoms with Crippen molar-refractivity contribution in [3.63, 3.8) is 0 Å². The summed E-state index contributed by atoms with van der Waals surface area (Å²) < 4.78 is 0. The summed E-state index contributed by atoms with van der Waals surface area (Å²) in [5, 5.41) is 17.2. The third-order valence-corrected chi connectivity index (χ3v) is 8.55. The molecule has 50 heavy (non-hydrogen) atoms. The summed E-state index contributed by atoms with van der Waals surface area (Å²) in [6.07, 6.45) is 0.597. The zero-order valence-electron chi connectivity index (χ0n) is 29.0. The van der Waals surface area contributed by atoms with E-state index in [1.54, 1.807) is 54.6 Å². The number of carboxylic acids is 1. The fourth-order valence-corrected chi connectivity index (χ4v) is 6.07. The maximum atomic E-state index is 14.3. The lowest BCUT2D eigenvalue weighted by molar-refractivity contribution is -0.145. The Balaban J connectivity index is 1.92. The van der Waals surface area contributed by atoms with Crippen LogP contribution in [-0.2, 0) is 46.4 Å². The largest absolute Gasteiger partial charge is 0.481 e. The summed E-state index contributed by atoms with van der Waals surface area (Å²) >= 11 is 0. The van der Waals surface area contributed by atoms with Crippen molar-refractivity contribution in [2.45, 2.75) is 89.5 Å². The van der Waals surface area contributed by atoms with Crippen LogP contribution in [0, 0.1) is 5.92 Å². The fourth-order valence-electron chi connectivity index (χ4n) is 6.07. The van der Waals surface area contributed by atoms with Gasteiger partial charge in [0.2, 0.25) is 35.4 Å². The quantitative estimate of drug-likeness (QED) is 0.160. The number of benzene rings is 2. The van der Waals surface area contributed by atoms with Gasteiger partial charge in [-0.25, -0.2) is 0 Å². The molecular formula is C36H48N6O8. The van der Waals surface area contributed by atoms with Gasteiger partial charge in [-0.05, 0) is 36.3 Å². The zero-order chi connectivity index (χ0) is 37.0. The fraction of sp³-hybridized carbons (Fsp3) is 0.472. The third-order valence-electron chi connectivity index (χ3n) is 8.55. The summed E-state index contributed by atoms with van der Waals surface area (Å²) in [5.74, 6) is -5.02. The number of nitrogens with two attached hydrogens (primary N) is 1. The average molecular weight is 693 g/mol. The first-order chi connectivity index (χ1) is 23.7. The maximum Gasteiger partial charge on any atom is 0.305 e. The summed E-state index contributed by atoms with van der Waals surface area (Å²) in [5.41, 5.74) is 6.78. The number of carboxylic acid groups (broad SMARTS) is 1. The van der Waals surface area contributed by atoms with Crippen molar-refractivity contribution >= 4 is 41.4 Å². The third kappa shape index (κ3) is 11.4. The Labute approximate surface area is 292 Å². The van der Waals surface area contributed by atoms with Crippen molar-refractivity contribution < 1.29 is 38.7 Å². The molecule has 1 fully saturated rings. The van der Waals surface area contributed by atoms with Crippen LogP contribution in [0.2, 0.25) is 0 Å². The van der Waals surface area contributed by atoms with Gasteiger partial charge >= 0.3 is 5.97 Å². The molecule has 14 heteroatoms. The SMILES string of the molecule is CC(=O)N[C@@H](CC(C)C)C(=O)N1CCC[C@H]1C(=O)N[C@@H](Cc1ccccc1)C(=O)N(C)[C@@H](Cc1ccccc1)C(=O)N[C@@H](CC(=O)O)C(N)=O. The highest BCUT2D eigenvalue weighted by Gasteiger charge is 2.40. The molecule has 0 aliphatic carbocycles. The van der Waals surface area contributed by atoms with Crippen molar-refractivity contribution in [3.05, 3.63) is 71.8 Å². The number of primary amides is 1. The van der Waals surface area contributed by atoms with E-state index >= 15 is 0 Å². The van der Waals surface area contributed by atoms with Crippen LogP contribution in [0.3, 0.4) is 0 Å². The molecule has 1 aliphatic rings. The molecule has 6 amide bonds. The maximum absolute atomic E-state index is 14.3. The van der Waals surface area contributed by atoms with Crippen molar-refractivity contribution in [1.82, 2.24) is 25.8 Å². The summed E-state index contributed by atoms with van der Waals surface area (Å²) in [6.45, 7) is 5.49. The first-order valence-electron chi connectivity index (χ1n) is 16.7. The van der Waals surface area contributed by atoms with Crippen LogP contribution >= 0.6 is 0 Å². The van der Waals surface area contributed by atoms with Gasteiger partial charge in [0, 0.05) is 33.4 Å². The lowest BCUT2D eigenvalue weighted by atomic mass is 10.00. The van der Waals surface area contributed by atoms with Gasteiger partial charge in [-0.3, -0.25) is 33.6 Å². The molecule has 0 aromatic heterocycles. The summed E-state index contributed by atoms with van der Waals surface area (Å²) in [4.78, 5) is 93.4. The molecule has 14 nitrogen and oxygen atoms in total. The Bertz CT molecular complexity index is 1520. The van der Waals surface area contributed by atoms with E-state index in [-0.39, 0.29) is 30.6 Å². The Kier molecular flexibility index (Phi) is 14.5. The average Bonchev–Trinajstić information content (AvgIpc) is 3.56. The number of nitrogens with zero attached hydrogens (tertiary/aromatic N) is 2. The molecule has 1 heterocycles. The Morgan fingerprint density at radius 3 is 1.96 bits per heavy atom. The van der Waals surface area contributed by atoms with E-state index in [0.29, 0.717) is 31.4 Å². The van der Waals surface area contributed by atoms with Crippen LogP contribution in [0.4, 0.5) is 0 Å². The van der Waals surface area contributed by atoms with Crippen molar-refractivity contribution in [1.29, 1.82) is 0 Å². The molecule has 0 unspecified atom stereocenters. The second-order valence-electron chi connectivity index (χ2n) is 13.0. The van der Waals surface area contributed by atoms with Gasteiger partial charge in [-0.1, -0.05) is 74.5 Å². The Morgan fingerprint density at radius 2 is 1.44 bits per heavy atom. The predicted octanol–water partition coefficient (Wildman–Crippen LogP) is 0.770. The van der Waals surface area contributed by atoms with Crippen molar-refractivity contribution in [2.24, 2.45) is 11.7 Å². The highest BCUT2D eigenvalue weighted by atomic mass is 16.4. The first kappa shape index (κ1) is 39.2. The Hall–Kier alpha value is -5.27. The van der Waals surface area contributed by atoms with Gasteiger partial charge in [0.05, 0.1) is 6.42 Å². The molecule has 0 spiro atoms. The molecule has 2 aromatic carbocycles. The lowest BCUT2D eigenvalue weighted by Crippen LogP contribution is -2.60. The highest BCUT2D eigenvalue weighted by molar-refractivity contribution is 5.97. The van der Waals surface area contributed by atoms with Crippen LogP contribution in [0.25, 0.3) is 0 Å². The van der Waals surface area contributed by atoms with E-state index in [2.05, 4.69) is 16.0 Å². The molecule has 0 radical (unpaired) electrons. The number of carbonyl (C=O) groups is 7. The number of likely N-dealkylation sites (N-methyl/N-ethyl adjacent to an activating group) is 1. The van der Waals surface area contributed by atoms with Gasteiger partial charge < -0.3 is 36.6 Å². The van der Waals surface area contributed by atoms with Crippen LogP contribution < -0.4 is 21.7 Å². The number of carbonyl (C=O) groups excluding carboxylic acids is 6. The molecule has 2 aromatic rings. The minimum Gasteiger partial charge on any atom is -0.481 e. The van der Waals surface area contributed by atoms with Gasteiger partial charge in [0.25, 0.3) is 0 Å². The minimum absolute atomic E-state index is 0.00473. The van der Waals surface area contributed by atoms with Crippen molar-refractivity contribution in [2.75, 3.05) is 13.6 Å². The van der Waals surface area contributed by atoms with Crippen LogP contribution in [0.5, 0.6) is 0 Å². The number of hydrogen-bond acceptors (Lipinski definition) is 7. The molecule has 6 N–H and O–H groups in total. The predicted molar refractivity (Wildman–Crippen MR) is 184 cm³/mol. The van der Waals surface area contributed by atoms with Gasteiger partial charge in [0.15, 0.2) is 0 Å². The standard InChI is InChI=1S/C36H48N6O8/c1-22(2)18-27(38-23(3)43)36(50)42-17-11-16-29(42)33(47)40-28(19-24-12-7-5-8-13-24)35(49)41(4)30(20-25-14-9-6-10-15-25)34(48)39-26(32(37)46)21-31(44)45/h5-10,12-15,22,26-30H,11,16-21H2,1-4H3,(H2,37,46)(H,38,43)(H,39,48)(H,40,47)(H,44,45)/t26-,27-,28-,29-,30-/m0/s1. The van der Waals surface area contributed by atoms with E-state index in [9.17, 15) is 38.7 Å². The second-order valence-corrected chi connectivity index (χ2v) is 13.0. The Morgan fingerprint density at radius 1 is 0.860 bits per heavy atom. The zero-order valence-corrected chi connectivity index (χ0v) is 29.0. The number of likely N-dealkylation sites (tertiary alicyclic amines) is 1. The van der Waals surface area contributed by atoms with Crippen LogP contribution in [-0.4, -0.2) is 100 Å². The monoisotopic (exact) mass is 692 g/mol. The van der Waals surface area contributed by atoms with Gasteiger partial charge in [-0.15, -0.1) is 0 Å². The molecule has 0 bridgehead atoms. The molecule has 5 atom stereocenters. The van der Waals surface area contributed by atoms with E-state index < -0.39 is 66.2 Å². The first-order valence-corrected chi connectivity index (χ1v) is 16.7. The lowest BCUT2D eigenvalue weighted by Gasteiger charge is -2.33. The smallest absolute Gasteiger partial charge is 0.305 e. The van der Waals surface area contributed by atoms with E-state index in [4.69, 9.17) is 5.73 Å².